The summed E-state index contributed by atoms with van der Waals surface area (Å²) in [4.78, 5) is 28.1. The lowest BCUT2D eigenvalue weighted by molar-refractivity contribution is -0.126. The first-order chi connectivity index (χ1) is 14.9. The molecule has 3 aliphatic rings. The van der Waals surface area contributed by atoms with Gasteiger partial charge in [0.1, 0.15) is 16.4 Å². The lowest BCUT2D eigenvalue weighted by Crippen LogP contribution is -2.47. The Morgan fingerprint density at radius 2 is 1.84 bits per heavy atom. The lowest BCUT2D eigenvalue weighted by atomic mass is 9.80. The minimum Gasteiger partial charge on any atom is -0.495 e. The number of nitrogens with one attached hydrogen (secondary N) is 1. The van der Waals surface area contributed by atoms with Crippen molar-refractivity contribution in [3.05, 3.63) is 23.8 Å². The molecule has 3 fully saturated rings. The van der Waals surface area contributed by atoms with Crippen LogP contribution in [0.15, 0.2) is 23.1 Å². The number of hydrogen-bond acceptors (Lipinski definition) is 5. The van der Waals surface area contributed by atoms with Crippen molar-refractivity contribution in [3.8, 4) is 5.75 Å². The van der Waals surface area contributed by atoms with Crippen molar-refractivity contribution >= 4 is 21.7 Å². The number of rotatable bonds is 6. The number of nitrogens with zero attached hydrogens (tertiary/aromatic N) is 1. The fourth-order valence-electron chi connectivity index (χ4n) is 4.89. The van der Waals surface area contributed by atoms with Crippen LogP contribution in [-0.2, 0) is 14.8 Å². The molecule has 2 atom stereocenters. The van der Waals surface area contributed by atoms with Gasteiger partial charge in [-0.3, -0.25) is 9.59 Å². The van der Waals surface area contributed by atoms with Gasteiger partial charge in [0.2, 0.25) is 10.0 Å². The molecule has 1 aromatic carbocycles. The normalized spacial score (nSPS) is 25.2. The second kappa shape index (κ2) is 9.28. The molecule has 7 nitrogen and oxygen atoms in total. The molecule has 31 heavy (non-hydrogen) atoms. The Hall–Kier alpha value is -1.93. The van der Waals surface area contributed by atoms with Gasteiger partial charge < -0.3 is 9.64 Å². The van der Waals surface area contributed by atoms with Crippen LogP contribution < -0.4 is 9.46 Å². The summed E-state index contributed by atoms with van der Waals surface area (Å²) in [7, 11) is -2.35. The summed E-state index contributed by atoms with van der Waals surface area (Å²) in [6.07, 6.45) is 8.80. The average Bonchev–Trinajstić information content (AvgIpc) is 3.59. The molecule has 0 radical (unpaired) electrons. The van der Waals surface area contributed by atoms with Crippen molar-refractivity contribution in [2.75, 3.05) is 13.7 Å². The summed E-state index contributed by atoms with van der Waals surface area (Å²) < 4.78 is 33.7. The van der Waals surface area contributed by atoms with E-state index in [-0.39, 0.29) is 40.3 Å². The number of likely N-dealkylation sites (tertiary alicyclic amines) is 1. The van der Waals surface area contributed by atoms with Crippen LogP contribution in [0, 0.1) is 5.92 Å². The number of Topliss-reactive ketones (excluding diaryl/α,β-unsaturated/α-hetero) is 1. The maximum atomic E-state index is 13.6. The van der Waals surface area contributed by atoms with E-state index in [4.69, 9.17) is 4.74 Å². The number of carbonyl (C=O) groups is 2. The van der Waals surface area contributed by atoms with Gasteiger partial charge in [0, 0.05) is 36.5 Å². The van der Waals surface area contributed by atoms with Crippen molar-refractivity contribution in [3.63, 3.8) is 0 Å². The molecular weight excluding hydrogens is 416 g/mol. The van der Waals surface area contributed by atoms with Crippen molar-refractivity contribution < 1.29 is 22.7 Å². The van der Waals surface area contributed by atoms with Gasteiger partial charge in [-0.25, -0.2) is 13.1 Å². The zero-order valence-electron chi connectivity index (χ0n) is 18.1. The third-order valence-electron chi connectivity index (χ3n) is 6.73. The van der Waals surface area contributed by atoms with Crippen molar-refractivity contribution in [1.82, 2.24) is 9.62 Å². The first-order valence-corrected chi connectivity index (χ1v) is 12.9. The maximum absolute atomic E-state index is 13.6. The van der Waals surface area contributed by atoms with Crippen LogP contribution in [0.5, 0.6) is 5.75 Å². The fourth-order valence-corrected chi connectivity index (χ4v) is 6.39. The summed E-state index contributed by atoms with van der Waals surface area (Å²) in [6, 6.07) is 4.46. The number of hydrogen-bond donors (Lipinski definition) is 1. The predicted octanol–water partition coefficient (Wildman–Crippen LogP) is 3.28. The van der Waals surface area contributed by atoms with E-state index < -0.39 is 10.0 Å². The number of sulfonamides is 1. The standard InChI is InChI=1S/C23H32N2O5S/c1-30-21-13-10-16(15-22(21)31(28,29)24-17-11-12-17)23(27)25-14-6-2-3-8-19(25)18-7-4-5-9-20(18)26/h10,13,15,17-19,24H,2-9,11-12,14H2,1H3/t18-,19+/m0/s1. The minimum absolute atomic E-state index is 0.00661. The van der Waals surface area contributed by atoms with Gasteiger partial charge in [-0.05, 0) is 56.7 Å². The van der Waals surface area contributed by atoms with E-state index in [0.29, 0.717) is 18.5 Å². The largest absolute Gasteiger partial charge is 0.495 e. The van der Waals surface area contributed by atoms with Gasteiger partial charge >= 0.3 is 0 Å². The molecule has 170 valence electrons. The Kier molecular flexibility index (Phi) is 6.67. The van der Waals surface area contributed by atoms with Crippen LogP contribution in [0.4, 0.5) is 0 Å². The van der Waals surface area contributed by atoms with E-state index in [1.807, 2.05) is 4.90 Å². The van der Waals surface area contributed by atoms with Gasteiger partial charge in [-0.2, -0.15) is 0 Å². The molecular formula is C23H32N2O5S. The number of benzene rings is 1. The van der Waals surface area contributed by atoms with Crippen molar-refractivity contribution in [2.45, 2.75) is 81.2 Å². The quantitative estimate of drug-likeness (QED) is 0.721. The average molecular weight is 449 g/mol. The molecule has 1 N–H and O–H groups in total. The topological polar surface area (TPSA) is 92.8 Å². The molecule has 0 aromatic heterocycles. The predicted molar refractivity (Wildman–Crippen MR) is 117 cm³/mol. The Labute approximate surface area is 184 Å². The number of ether oxygens (including phenoxy) is 1. The molecule has 2 aliphatic carbocycles. The van der Waals surface area contributed by atoms with E-state index in [2.05, 4.69) is 4.72 Å². The highest BCUT2D eigenvalue weighted by molar-refractivity contribution is 7.89. The van der Waals surface area contributed by atoms with Gasteiger partial charge in [0.05, 0.1) is 7.11 Å². The summed E-state index contributed by atoms with van der Waals surface area (Å²) >= 11 is 0. The molecule has 4 rings (SSSR count). The molecule has 8 heteroatoms. The second-order valence-corrected chi connectivity index (χ2v) is 10.7. The van der Waals surface area contributed by atoms with E-state index in [0.717, 1.165) is 57.8 Å². The Morgan fingerprint density at radius 1 is 1.06 bits per heavy atom. The van der Waals surface area contributed by atoms with Crippen molar-refractivity contribution in [1.29, 1.82) is 0 Å². The van der Waals surface area contributed by atoms with E-state index >= 15 is 0 Å². The monoisotopic (exact) mass is 448 g/mol. The van der Waals surface area contributed by atoms with Gasteiger partial charge in [0.25, 0.3) is 5.91 Å². The van der Waals surface area contributed by atoms with Crippen LogP contribution in [0.2, 0.25) is 0 Å². The third-order valence-corrected chi connectivity index (χ3v) is 8.27. The van der Waals surface area contributed by atoms with Gasteiger partial charge in [0.15, 0.2) is 0 Å². The molecule has 0 spiro atoms. The zero-order valence-corrected chi connectivity index (χ0v) is 19.0. The van der Waals surface area contributed by atoms with Crippen LogP contribution >= 0.6 is 0 Å². The smallest absolute Gasteiger partial charge is 0.254 e. The zero-order chi connectivity index (χ0) is 22.0. The second-order valence-electron chi connectivity index (χ2n) is 9.00. The number of methoxy groups -OCH3 is 1. The first-order valence-electron chi connectivity index (χ1n) is 11.4. The molecule has 2 saturated carbocycles. The Bertz CT molecular complexity index is 941. The number of amides is 1. The highest BCUT2D eigenvalue weighted by Crippen LogP contribution is 2.33. The summed E-state index contributed by atoms with van der Waals surface area (Å²) in [5.74, 6) is 0.187. The Balaban J connectivity index is 1.64. The fraction of sp³-hybridized carbons (Fsp3) is 0.652. The van der Waals surface area contributed by atoms with E-state index in [1.165, 1.54) is 13.2 Å². The van der Waals surface area contributed by atoms with E-state index in [1.54, 1.807) is 12.1 Å². The van der Waals surface area contributed by atoms with Crippen LogP contribution in [0.1, 0.15) is 74.6 Å². The molecule has 0 unspecified atom stereocenters. The molecule has 1 aromatic rings. The van der Waals surface area contributed by atoms with Gasteiger partial charge in [-0.15, -0.1) is 0 Å². The molecule has 1 saturated heterocycles. The van der Waals surface area contributed by atoms with E-state index in [9.17, 15) is 18.0 Å². The molecule has 0 bridgehead atoms. The Morgan fingerprint density at radius 3 is 2.55 bits per heavy atom. The minimum atomic E-state index is -3.78. The summed E-state index contributed by atoms with van der Waals surface area (Å²) in [6.45, 7) is 0.599. The highest BCUT2D eigenvalue weighted by Gasteiger charge is 2.37. The number of carbonyl (C=O) groups excluding carboxylic acids is 2. The van der Waals surface area contributed by atoms with Crippen LogP contribution in [0.3, 0.4) is 0 Å². The third kappa shape index (κ3) is 4.95. The maximum Gasteiger partial charge on any atom is 0.254 e. The molecule has 1 amide bonds. The summed E-state index contributed by atoms with van der Waals surface area (Å²) in [5.41, 5.74) is 0.326. The summed E-state index contributed by atoms with van der Waals surface area (Å²) in [5, 5.41) is 0. The first kappa shape index (κ1) is 22.3. The van der Waals surface area contributed by atoms with Gasteiger partial charge in [-0.1, -0.05) is 19.3 Å². The molecule has 1 heterocycles. The van der Waals surface area contributed by atoms with Crippen molar-refractivity contribution in [2.24, 2.45) is 5.92 Å². The van der Waals surface area contributed by atoms with Crippen LogP contribution in [-0.4, -0.2) is 50.7 Å². The number of ketones is 1. The van der Waals surface area contributed by atoms with Crippen LogP contribution in [0.25, 0.3) is 0 Å². The lowest BCUT2D eigenvalue weighted by Gasteiger charge is -2.37. The molecule has 1 aliphatic heterocycles. The highest BCUT2D eigenvalue weighted by atomic mass is 32.2. The SMILES string of the molecule is COc1ccc(C(=O)N2CCCCC[C@@H]2[C@@H]2CCCCC2=O)cc1S(=O)(=O)NC1CC1.